The van der Waals surface area contributed by atoms with Crippen molar-refractivity contribution < 1.29 is 28.9 Å². The molecule has 5 atom stereocenters. The Balaban J connectivity index is 1.87. The normalized spacial score (nSPS) is 40.4. The molecule has 0 radical (unpaired) electrons. The Morgan fingerprint density at radius 1 is 1.33 bits per heavy atom. The third kappa shape index (κ3) is 3.26. The Labute approximate surface area is 161 Å². The molecule has 1 saturated heterocycles. The molecule has 2 fully saturated rings. The second kappa shape index (κ2) is 6.98. The molecule has 27 heavy (non-hydrogen) atoms. The molecule has 152 valence electrons. The van der Waals surface area contributed by atoms with Gasteiger partial charge in [-0.15, -0.1) is 0 Å². The fourth-order valence-corrected chi connectivity index (χ4v) is 5.53. The molecule has 1 unspecified atom stereocenters. The van der Waals surface area contributed by atoms with Crippen LogP contribution in [0.3, 0.4) is 0 Å². The smallest absolute Gasteiger partial charge is 0.336 e. The lowest BCUT2D eigenvalue weighted by Crippen LogP contribution is -2.52. The Morgan fingerprint density at radius 2 is 2.04 bits per heavy atom. The number of esters is 1. The first-order valence-electron chi connectivity index (χ1n) is 9.95. The maximum atomic E-state index is 12.6. The summed E-state index contributed by atoms with van der Waals surface area (Å²) in [4.78, 5) is 24.6. The number of aliphatic hydroxyl groups is 1. The van der Waals surface area contributed by atoms with Gasteiger partial charge in [0.05, 0.1) is 0 Å². The van der Waals surface area contributed by atoms with Crippen LogP contribution in [0, 0.1) is 16.7 Å². The van der Waals surface area contributed by atoms with Crippen LogP contribution in [0.15, 0.2) is 11.6 Å². The van der Waals surface area contributed by atoms with Crippen LogP contribution < -0.4 is 0 Å². The molecular weight excluding hydrogens is 348 g/mol. The van der Waals surface area contributed by atoms with Gasteiger partial charge in [0.2, 0.25) is 6.29 Å². The van der Waals surface area contributed by atoms with Crippen molar-refractivity contribution in [2.45, 2.75) is 84.4 Å². The average Bonchev–Trinajstić information content (AvgIpc) is 3.08. The number of rotatable bonds is 6. The van der Waals surface area contributed by atoms with E-state index in [1.807, 2.05) is 13.8 Å². The Morgan fingerprint density at radius 3 is 2.63 bits per heavy atom. The van der Waals surface area contributed by atoms with Crippen LogP contribution in [0.25, 0.3) is 0 Å². The summed E-state index contributed by atoms with van der Waals surface area (Å²) < 4.78 is 16.3. The summed E-state index contributed by atoms with van der Waals surface area (Å²) >= 11 is 0. The standard InChI is InChI=1S/C21H32O6/c1-6-14(22)16-17-19(2,3)9-7-10-20(17,4)21(24,27-16)11-8-13-12-15(25-5)26-18(13)23/h12,15-17,24H,6-11H2,1-5H3/t15?,16-,17+,20+,21-/m1/s1. The first-order valence-corrected chi connectivity index (χ1v) is 9.95. The predicted octanol–water partition coefficient (Wildman–Crippen LogP) is 3.12. The first kappa shape index (κ1) is 20.5. The van der Waals surface area contributed by atoms with Crippen LogP contribution in [0.1, 0.15) is 66.2 Å². The lowest BCUT2D eigenvalue weighted by molar-refractivity contribution is -0.244. The molecule has 1 aliphatic carbocycles. The fraction of sp³-hybridized carbons (Fsp3) is 0.810. The Bertz CT molecular complexity index is 653. The molecule has 0 aromatic rings. The maximum Gasteiger partial charge on any atom is 0.336 e. The van der Waals surface area contributed by atoms with Gasteiger partial charge in [0.1, 0.15) is 6.10 Å². The van der Waals surface area contributed by atoms with Crippen LogP contribution >= 0.6 is 0 Å². The minimum Gasteiger partial charge on any atom is -0.429 e. The highest BCUT2D eigenvalue weighted by Gasteiger charge is 2.67. The molecule has 0 aromatic carbocycles. The monoisotopic (exact) mass is 380 g/mol. The van der Waals surface area contributed by atoms with Crippen molar-refractivity contribution >= 4 is 11.8 Å². The molecule has 2 heterocycles. The zero-order chi connectivity index (χ0) is 20.0. The third-order valence-electron chi connectivity index (χ3n) is 7.02. The van der Waals surface area contributed by atoms with Crippen molar-refractivity contribution in [3.05, 3.63) is 11.6 Å². The van der Waals surface area contributed by atoms with E-state index in [1.165, 1.54) is 7.11 Å². The molecule has 0 bridgehead atoms. The average molecular weight is 380 g/mol. The lowest BCUT2D eigenvalue weighted by atomic mass is 9.53. The molecule has 1 N–H and O–H groups in total. The van der Waals surface area contributed by atoms with Gasteiger partial charge in [-0.2, -0.15) is 0 Å². The molecular formula is C21H32O6. The Kier molecular flexibility index (Phi) is 5.30. The number of hydrogen-bond donors (Lipinski definition) is 1. The fourth-order valence-electron chi connectivity index (χ4n) is 5.53. The van der Waals surface area contributed by atoms with E-state index in [-0.39, 0.29) is 23.5 Å². The minimum absolute atomic E-state index is 0.0380. The van der Waals surface area contributed by atoms with Crippen molar-refractivity contribution in [2.75, 3.05) is 7.11 Å². The number of cyclic esters (lactones) is 1. The van der Waals surface area contributed by atoms with E-state index in [0.29, 0.717) is 18.4 Å². The number of ketones is 1. The molecule has 0 amide bonds. The van der Waals surface area contributed by atoms with E-state index >= 15 is 0 Å². The van der Waals surface area contributed by atoms with Gasteiger partial charge in [0, 0.05) is 36.9 Å². The summed E-state index contributed by atoms with van der Waals surface area (Å²) in [7, 11) is 1.47. The van der Waals surface area contributed by atoms with Crippen LogP contribution in [-0.4, -0.2) is 42.1 Å². The van der Waals surface area contributed by atoms with Gasteiger partial charge in [-0.3, -0.25) is 4.79 Å². The van der Waals surface area contributed by atoms with Crippen molar-refractivity contribution in [3.63, 3.8) is 0 Å². The molecule has 3 aliphatic rings. The van der Waals surface area contributed by atoms with Crippen molar-refractivity contribution in [2.24, 2.45) is 16.7 Å². The molecule has 0 aromatic heterocycles. The quantitative estimate of drug-likeness (QED) is 0.713. The predicted molar refractivity (Wildman–Crippen MR) is 98.6 cm³/mol. The summed E-state index contributed by atoms with van der Waals surface area (Å²) in [6, 6.07) is 0. The van der Waals surface area contributed by atoms with Gasteiger partial charge in [-0.25, -0.2) is 4.79 Å². The molecule has 6 nitrogen and oxygen atoms in total. The second-order valence-corrected chi connectivity index (χ2v) is 9.08. The number of carbonyl (C=O) groups is 2. The van der Waals surface area contributed by atoms with Gasteiger partial charge < -0.3 is 19.3 Å². The molecule has 2 aliphatic heterocycles. The summed E-state index contributed by atoms with van der Waals surface area (Å²) in [6.45, 7) is 8.21. The third-order valence-corrected chi connectivity index (χ3v) is 7.02. The number of hydrogen-bond acceptors (Lipinski definition) is 6. The molecule has 1 saturated carbocycles. The maximum absolute atomic E-state index is 12.6. The van der Waals surface area contributed by atoms with Gasteiger partial charge >= 0.3 is 5.97 Å². The first-order chi connectivity index (χ1) is 12.6. The van der Waals surface area contributed by atoms with Crippen LogP contribution in [0.2, 0.25) is 0 Å². The molecule has 3 rings (SSSR count). The van der Waals surface area contributed by atoms with Crippen LogP contribution in [0.5, 0.6) is 0 Å². The number of Topliss-reactive ketones (excluding diaryl/α,β-unsaturated/α-hetero) is 1. The van der Waals surface area contributed by atoms with Crippen molar-refractivity contribution in [1.29, 1.82) is 0 Å². The van der Waals surface area contributed by atoms with Gasteiger partial charge in [0.15, 0.2) is 11.6 Å². The lowest BCUT2D eigenvalue weighted by Gasteiger charge is -2.51. The van der Waals surface area contributed by atoms with E-state index < -0.39 is 29.6 Å². The number of carbonyl (C=O) groups excluding carboxylic acids is 2. The second-order valence-electron chi connectivity index (χ2n) is 9.08. The van der Waals surface area contributed by atoms with Gasteiger partial charge in [-0.05, 0) is 30.8 Å². The summed E-state index contributed by atoms with van der Waals surface area (Å²) in [6.07, 6.45) is 4.12. The summed E-state index contributed by atoms with van der Waals surface area (Å²) in [5.41, 5.74) is -0.146. The number of ether oxygens (including phenoxy) is 3. The van der Waals surface area contributed by atoms with Gasteiger partial charge in [-0.1, -0.05) is 34.1 Å². The van der Waals surface area contributed by atoms with Crippen molar-refractivity contribution in [1.82, 2.24) is 0 Å². The van der Waals surface area contributed by atoms with E-state index in [2.05, 4.69) is 13.8 Å². The summed E-state index contributed by atoms with van der Waals surface area (Å²) in [5, 5.41) is 11.6. The Hall–Kier alpha value is -1.24. The van der Waals surface area contributed by atoms with E-state index in [9.17, 15) is 14.7 Å². The van der Waals surface area contributed by atoms with Crippen LogP contribution in [-0.2, 0) is 23.8 Å². The highest BCUT2D eigenvalue weighted by Crippen LogP contribution is 2.64. The van der Waals surface area contributed by atoms with E-state index in [4.69, 9.17) is 14.2 Å². The van der Waals surface area contributed by atoms with Gasteiger partial charge in [0.25, 0.3) is 0 Å². The number of methoxy groups -OCH3 is 1. The zero-order valence-corrected chi connectivity index (χ0v) is 17.0. The van der Waals surface area contributed by atoms with E-state index in [1.54, 1.807) is 6.08 Å². The molecule has 6 heteroatoms. The minimum atomic E-state index is -1.45. The van der Waals surface area contributed by atoms with E-state index in [0.717, 1.165) is 19.3 Å². The highest BCUT2D eigenvalue weighted by atomic mass is 16.7. The highest BCUT2D eigenvalue weighted by molar-refractivity contribution is 5.90. The summed E-state index contributed by atoms with van der Waals surface area (Å²) in [5.74, 6) is -1.88. The largest absolute Gasteiger partial charge is 0.429 e. The SMILES string of the molecule is CCC(=O)[C@H]1O[C@](O)(CCC2=CC(OC)OC2=O)[C@@]2(C)CCCC(C)(C)[C@H]12. The zero-order valence-electron chi connectivity index (χ0n) is 17.0. The topological polar surface area (TPSA) is 82.1 Å². The van der Waals surface area contributed by atoms with Crippen molar-refractivity contribution in [3.8, 4) is 0 Å². The number of fused-ring (bicyclic) bond motifs is 1. The molecule has 0 spiro atoms. The van der Waals surface area contributed by atoms with Crippen LogP contribution in [0.4, 0.5) is 0 Å².